The molecule has 0 atom stereocenters. The molecule has 3 heterocycles. The van der Waals surface area contributed by atoms with E-state index in [1.54, 1.807) is 30.5 Å². The molecular weight excluding hydrogens is 358 g/mol. The maximum absolute atomic E-state index is 12.4. The Morgan fingerprint density at radius 1 is 1.35 bits per heavy atom. The number of aromatic nitrogens is 2. The van der Waals surface area contributed by atoms with E-state index in [4.69, 9.17) is 11.6 Å². The summed E-state index contributed by atoms with van der Waals surface area (Å²) in [6.45, 7) is 0.302. The average molecular weight is 370 g/mol. The Morgan fingerprint density at radius 2 is 2.13 bits per heavy atom. The molecule has 1 N–H and O–H groups in total. The number of nitrogens with one attached hydrogen (secondary N) is 1. The molecule has 3 rings (SSSR count). The van der Waals surface area contributed by atoms with Crippen molar-refractivity contribution in [3.63, 3.8) is 0 Å². The second-order valence-electron chi connectivity index (χ2n) is 4.86. The van der Waals surface area contributed by atoms with Crippen LogP contribution in [0.15, 0.2) is 41.7 Å². The van der Waals surface area contributed by atoms with Crippen molar-refractivity contribution in [2.45, 2.75) is 11.7 Å². The van der Waals surface area contributed by atoms with E-state index < -0.39 is 15.7 Å². The summed E-state index contributed by atoms with van der Waals surface area (Å²) in [6, 6.07) is 8.62. The van der Waals surface area contributed by atoms with Gasteiger partial charge in [-0.1, -0.05) is 17.7 Å². The number of hydrogen-bond donors (Lipinski definition) is 1. The van der Waals surface area contributed by atoms with Gasteiger partial charge in [0.15, 0.2) is 5.69 Å². The highest BCUT2D eigenvalue weighted by Gasteiger charge is 2.22. The van der Waals surface area contributed by atoms with Crippen molar-refractivity contribution in [2.75, 3.05) is 6.26 Å². The van der Waals surface area contributed by atoms with Crippen LogP contribution < -0.4 is 5.32 Å². The molecule has 0 saturated carbocycles. The first-order chi connectivity index (χ1) is 10.9. The van der Waals surface area contributed by atoms with Crippen LogP contribution in [0.2, 0.25) is 4.34 Å². The van der Waals surface area contributed by atoms with Crippen molar-refractivity contribution in [1.82, 2.24) is 14.7 Å². The lowest BCUT2D eigenvalue weighted by Gasteiger charge is -2.01. The van der Waals surface area contributed by atoms with E-state index in [0.29, 0.717) is 16.4 Å². The minimum Gasteiger partial charge on any atom is -0.346 e. The Balaban J connectivity index is 1.94. The van der Waals surface area contributed by atoms with E-state index in [1.807, 2.05) is 6.07 Å². The Bertz CT molecular complexity index is 992. The van der Waals surface area contributed by atoms with Gasteiger partial charge in [-0.25, -0.2) is 13.4 Å². The van der Waals surface area contributed by atoms with Crippen molar-refractivity contribution in [2.24, 2.45) is 0 Å². The van der Waals surface area contributed by atoms with E-state index >= 15 is 0 Å². The molecule has 0 aliphatic rings. The molecule has 0 spiro atoms. The fourth-order valence-electron chi connectivity index (χ4n) is 2.14. The third kappa shape index (κ3) is 3.24. The minimum absolute atomic E-state index is 0.0775. The van der Waals surface area contributed by atoms with Crippen LogP contribution in [-0.2, 0) is 16.4 Å². The fourth-order valence-corrected chi connectivity index (χ4v) is 3.94. The fraction of sp³-hybridized carbons (Fsp3) is 0.143. The van der Waals surface area contributed by atoms with Crippen molar-refractivity contribution in [3.8, 4) is 0 Å². The molecule has 1 amide bonds. The lowest BCUT2D eigenvalue weighted by atomic mass is 10.3. The third-order valence-corrected chi connectivity index (χ3v) is 5.30. The average Bonchev–Trinajstić information content (AvgIpc) is 3.08. The summed E-state index contributed by atoms with van der Waals surface area (Å²) in [5, 5.41) is 2.57. The predicted octanol–water partition coefficient (Wildman–Crippen LogP) is 2.38. The van der Waals surface area contributed by atoms with E-state index in [2.05, 4.69) is 10.3 Å². The standard InChI is InChI=1S/C14H12ClN3O3S2/c1-23(20,21)14-17-12(10-4-2-3-7-18(10)14)13(19)16-8-9-5-6-11(15)22-9/h2-7H,8H2,1H3,(H,16,19). The second-order valence-corrected chi connectivity index (χ2v) is 8.57. The zero-order chi connectivity index (χ0) is 16.6. The Morgan fingerprint density at radius 3 is 2.78 bits per heavy atom. The molecule has 0 fully saturated rings. The second kappa shape index (κ2) is 5.95. The van der Waals surface area contributed by atoms with Crippen LogP contribution in [0.5, 0.6) is 0 Å². The van der Waals surface area contributed by atoms with Gasteiger partial charge in [-0.2, -0.15) is 0 Å². The van der Waals surface area contributed by atoms with Gasteiger partial charge < -0.3 is 5.32 Å². The molecule has 0 saturated heterocycles. The highest BCUT2D eigenvalue weighted by molar-refractivity contribution is 7.90. The molecule has 0 aliphatic carbocycles. The first-order valence-corrected chi connectivity index (χ1v) is 9.64. The molecule has 120 valence electrons. The maximum atomic E-state index is 12.4. The molecule has 3 aromatic heterocycles. The zero-order valence-corrected chi connectivity index (χ0v) is 14.4. The van der Waals surface area contributed by atoms with Crippen molar-refractivity contribution >= 4 is 44.2 Å². The largest absolute Gasteiger partial charge is 0.346 e. The van der Waals surface area contributed by atoms with Crippen molar-refractivity contribution < 1.29 is 13.2 Å². The number of pyridine rings is 1. The van der Waals surface area contributed by atoms with Gasteiger partial charge in [-0.15, -0.1) is 11.3 Å². The maximum Gasteiger partial charge on any atom is 0.272 e. The number of amides is 1. The highest BCUT2D eigenvalue weighted by Crippen LogP contribution is 2.21. The SMILES string of the molecule is CS(=O)(=O)c1nc(C(=O)NCc2ccc(Cl)s2)c2ccccn12. The number of carbonyl (C=O) groups is 1. The Hall–Kier alpha value is -1.90. The summed E-state index contributed by atoms with van der Waals surface area (Å²) in [4.78, 5) is 17.3. The van der Waals surface area contributed by atoms with Crippen LogP contribution in [0.3, 0.4) is 0 Å². The monoisotopic (exact) mass is 369 g/mol. The van der Waals surface area contributed by atoms with E-state index in [9.17, 15) is 13.2 Å². The summed E-state index contributed by atoms with van der Waals surface area (Å²) in [5.74, 6) is -0.437. The first kappa shape index (κ1) is 16.0. The summed E-state index contributed by atoms with van der Waals surface area (Å²) >= 11 is 7.22. The first-order valence-electron chi connectivity index (χ1n) is 6.56. The number of sulfone groups is 1. The molecule has 0 aliphatic heterocycles. The number of fused-ring (bicyclic) bond motifs is 1. The summed E-state index contributed by atoms with van der Waals surface area (Å²) < 4.78 is 25.7. The molecule has 9 heteroatoms. The van der Waals surface area contributed by atoms with E-state index in [1.165, 1.54) is 15.7 Å². The minimum atomic E-state index is -3.55. The number of thiophene rings is 1. The Labute approximate surface area is 141 Å². The van der Waals surface area contributed by atoms with Crippen LogP contribution in [0.25, 0.3) is 5.52 Å². The van der Waals surface area contributed by atoms with Gasteiger partial charge >= 0.3 is 0 Å². The molecular formula is C14H12ClN3O3S2. The summed E-state index contributed by atoms with van der Waals surface area (Å²) in [7, 11) is -3.55. The van der Waals surface area contributed by atoms with Gasteiger partial charge in [0, 0.05) is 17.3 Å². The van der Waals surface area contributed by atoms with Crippen molar-refractivity contribution in [3.05, 3.63) is 51.4 Å². The van der Waals surface area contributed by atoms with Crippen LogP contribution in [0, 0.1) is 0 Å². The number of carbonyl (C=O) groups excluding carboxylic acids is 1. The molecule has 0 unspecified atom stereocenters. The van der Waals surface area contributed by atoms with Gasteiger partial charge in [0.1, 0.15) is 0 Å². The van der Waals surface area contributed by atoms with Gasteiger partial charge in [0.2, 0.25) is 15.0 Å². The van der Waals surface area contributed by atoms with Gasteiger partial charge in [0.05, 0.1) is 16.4 Å². The van der Waals surface area contributed by atoms with Crippen molar-refractivity contribution in [1.29, 1.82) is 0 Å². The molecule has 23 heavy (non-hydrogen) atoms. The topological polar surface area (TPSA) is 80.5 Å². The number of halogens is 1. The lowest BCUT2D eigenvalue weighted by Crippen LogP contribution is -2.23. The molecule has 3 aromatic rings. The molecule has 0 radical (unpaired) electrons. The Kier molecular flexibility index (Phi) is 4.13. The van der Waals surface area contributed by atoms with Crippen LogP contribution in [-0.4, -0.2) is 30.0 Å². The predicted molar refractivity (Wildman–Crippen MR) is 88.8 cm³/mol. The molecule has 0 bridgehead atoms. The van der Waals surface area contributed by atoms with Crippen LogP contribution in [0.1, 0.15) is 15.4 Å². The number of hydrogen-bond acceptors (Lipinski definition) is 5. The smallest absolute Gasteiger partial charge is 0.272 e. The summed E-state index contributed by atoms with van der Waals surface area (Å²) in [6.07, 6.45) is 2.62. The number of nitrogens with zero attached hydrogens (tertiary/aromatic N) is 2. The van der Waals surface area contributed by atoms with E-state index in [-0.39, 0.29) is 10.9 Å². The van der Waals surface area contributed by atoms with Gasteiger partial charge in [0.25, 0.3) is 5.91 Å². The third-order valence-electron chi connectivity index (χ3n) is 3.11. The quantitative estimate of drug-likeness (QED) is 0.765. The van der Waals surface area contributed by atoms with Gasteiger partial charge in [-0.05, 0) is 24.3 Å². The molecule has 6 nitrogen and oxygen atoms in total. The molecule has 0 aromatic carbocycles. The zero-order valence-electron chi connectivity index (χ0n) is 12.0. The van der Waals surface area contributed by atoms with Gasteiger partial charge in [-0.3, -0.25) is 9.20 Å². The summed E-state index contributed by atoms with van der Waals surface area (Å²) in [5.41, 5.74) is 0.517. The highest BCUT2D eigenvalue weighted by atomic mass is 35.5. The van der Waals surface area contributed by atoms with Crippen LogP contribution in [0.4, 0.5) is 0 Å². The number of imidazole rings is 1. The normalized spacial score (nSPS) is 11.7. The number of rotatable bonds is 4. The van der Waals surface area contributed by atoms with E-state index in [0.717, 1.165) is 11.1 Å². The van der Waals surface area contributed by atoms with Crippen LogP contribution >= 0.6 is 22.9 Å². The lowest BCUT2D eigenvalue weighted by molar-refractivity contribution is 0.0948.